The van der Waals surface area contributed by atoms with Gasteiger partial charge in [0.2, 0.25) is 6.33 Å². The van der Waals surface area contributed by atoms with Crippen LogP contribution in [-0.2, 0) is 13.6 Å². The van der Waals surface area contributed by atoms with Crippen LogP contribution in [0.4, 0.5) is 0 Å². The molecule has 5 heteroatoms. The van der Waals surface area contributed by atoms with Crippen molar-refractivity contribution in [1.29, 1.82) is 0 Å². The van der Waals surface area contributed by atoms with Crippen molar-refractivity contribution in [2.45, 2.75) is 26.5 Å². The minimum absolute atomic E-state index is 0.232. The molecule has 0 aliphatic rings. The van der Waals surface area contributed by atoms with Crippen LogP contribution in [0.3, 0.4) is 0 Å². The third-order valence-electron chi connectivity index (χ3n) is 4.26. The number of aliphatic hydroxyl groups excluding tert-OH is 1. The molecule has 24 heavy (non-hydrogen) atoms. The van der Waals surface area contributed by atoms with Crippen molar-refractivity contribution in [3.8, 4) is 5.75 Å². The van der Waals surface area contributed by atoms with Gasteiger partial charge in [0, 0.05) is 5.02 Å². The van der Waals surface area contributed by atoms with Gasteiger partial charge in [-0.1, -0.05) is 11.6 Å². The van der Waals surface area contributed by atoms with Crippen molar-refractivity contribution in [3.63, 3.8) is 0 Å². The van der Waals surface area contributed by atoms with E-state index in [0.717, 1.165) is 11.0 Å². The summed E-state index contributed by atoms with van der Waals surface area (Å²) in [5.41, 5.74) is 4.78. The Hall–Kier alpha value is -2.04. The third-order valence-corrected chi connectivity index (χ3v) is 4.51. The zero-order valence-corrected chi connectivity index (χ0v) is 14.9. The van der Waals surface area contributed by atoms with Gasteiger partial charge in [0.05, 0.1) is 7.05 Å². The second-order valence-electron chi connectivity index (χ2n) is 6.22. The molecule has 1 N–H and O–H groups in total. The fourth-order valence-electron chi connectivity index (χ4n) is 2.78. The molecule has 0 aliphatic heterocycles. The van der Waals surface area contributed by atoms with E-state index in [0.29, 0.717) is 17.3 Å². The maximum atomic E-state index is 10.3. The van der Waals surface area contributed by atoms with Crippen LogP contribution in [0, 0.1) is 13.8 Å². The van der Waals surface area contributed by atoms with Crippen LogP contribution in [0.15, 0.2) is 42.7 Å². The summed E-state index contributed by atoms with van der Waals surface area (Å²) >= 11 is 5.85. The predicted molar refractivity (Wildman–Crippen MR) is 95.5 cm³/mol. The second kappa shape index (κ2) is 6.83. The van der Waals surface area contributed by atoms with Crippen LogP contribution >= 0.6 is 11.6 Å². The van der Waals surface area contributed by atoms with Gasteiger partial charge in [0.15, 0.2) is 11.0 Å². The average molecular weight is 346 g/mol. The topological polar surface area (TPSA) is 38.3 Å². The number of ether oxygens (including phenoxy) is 1. The lowest BCUT2D eigenvalue weighted by molar-refractivity contribution is -0.645. The summed E-state index contributed by atoms with van der Waals surface area (Å²) < 4.78 is 9.77. The van der Waals surface area contributed by atoms with Gasteiger partial charge in [-0.25, -0.2) is 9.13 Å². The molecule has 0 amide bonds. The maximum absolute atomic E-state index is 10.3. The molecular formula is C19H22ClN2O2+. The number of hydrogen-bond donors (Lipinski definition) is 1. The predicted octanol–water partition coefficient (Wildman–Crippen LogP) is 3.18. The number of aryl methyl sites for hydroxylation is 3. The summed E-state index contributed by atoms with van der Waals surface area (Å²) in [6, 6.07) is 11.5. The molecule has 0 fully saturated rings. The molecule has 3 rings (SSSR count). The van der Waals surface area contributed by atoms with E-state index in [-0.39, 0.29) is 6.61 Å². The van der Waals surface area contributed by atoms with Crippen LogP contribution in [0.1, 0.15) is 11.1 Å². The number of aliphatic hydroxyl groups is 1. The number of rotatable bonds is 5. The molecule has 0 unspecified atom stereocenters. The van der Waals surface area contributed by atoms with Crippen molar-refractivity contribution in [2.75, 3.05) is 6.61 Å². The fourth-order valence-corrected chi connectivity index (χ4v) is 2.91. The number of fused-ring (bicyclic) bond motifs is 1. The fraction of sp³-hybridized carbons (Fsp3) is 0.316. The number of imidazole rings is 1. The van der Waals surface area contributed by atoms with E-state index in [1.165, 1.54) is 11.1 Å². The Labute approximate surface area is 146 Å². The van der Waals surface area contributed by atoms with E-state index < -0.39 is 6.10 Å². The van der Waals surface area contributed by atoms with E-state index in [1.54, 1.807) is 24.3 Å². The van der Waals surface area contributed by atoms with Crippen molar-refractivity contribution in [2.24, 2.45) is 7.05 Å². The average Bonchev–Trinajstić information content (AvgIpc) is 2.83. The van der Waals surface area contributed by atoms with Gasteiger partial charge in [-0.05, 0) is 61.4 Å². The molecule has 0 bridgehead atoms. The van der Waals surface area contributed by atoms with Gasteiger partial charge in [-0.3, -0.25) is 0 Å². The van der Waals surface area contributed by atoms with Gasteiger partial charge in [0.25, 0.3) is 0 Å². The monoisotopic (exact) mass is 345 g/mol. The lowest BCUT2D eigenvalue weighted by Crippen LogP contribution is -2.27. The Morgan fingerprint density at radius 1 is 1.17 bits per heavy atom. The molecule has 0 spiro atoms. The number of benzene rings is 2. The minimum atomic E-state index is -0.599. The summed E-state index contributed by atoms with van der Waals surface area (Å²) in [6.07, 6.45) is 1.41. The molecule has 2 aromatic carbocycles. The molecule has 4 nitrogen and oxygen atoms in total. The second-order valence-corrected chi connectivity index (χ2v) is 6.66. The van der Waals surface area contributed by atoms with Crippen LogP contribution in [0.25, 0.3) is 11.0 Å². The Kier molecular flexibility index (Phi) is 4.78. The summed E-state index contributed by atoms with van der Waals surface area (Å²) in [7, 11) is 2.02. The maximum Gasteiger partial charge on any atom is 0.244 e. The third kappa shape index (κ3) is 3.55. The van der Waals surface area contributed by atoms with Crippen LogP contribution < -0.4 is 9.30 Å². The van der Waals surface area contributed by atoms with E-state index in [4.69, 9.17) is 16.3 Å². The molecule has 1 heterocycles. The largest absolute Gasteiger partial charge is 0.491 e. The molecule has 1 atom stereocenters. The zero-order valence-electron chi connectivity index (χ0n) is 14.2. The Bertz CT molecular complexity index is 856. The molecule has 3 aromatic rings. The lowest BCUT2D eigenvalue weighted by Gasteiger charge is -2.11. The zero-order chi connectivity index (χ0) is 17.3. The van der Waals surface area contributed by atoms with Crippen molar-refractivity contribution < 1.29 is 14.4 Å². The smallest absolute Gasteiger partial charge is 0.244 e. The van der Waals surface area contributed by atoms with Crippen LogP contribution in [0.2, 0.25) is 5.02 Å². The first kappa shape index (κ1) is 16.8. The number of hydrogen-bond acceptors (Lipinski definition) is 2. The highest BCUT2D eigenvalue weighted by molar-refractivity contribution is 6.30. The summed E-state index contributed by atoms with van der Waals surface area (Å²) in [5.74, 6) is 0.702. The van der Waals surface area contributed by atoms with E-state index in [1.807, 2.05) is 13.4 Å². The van der Waals surface area contributed by atoms with Gasteiger partial charge in [0.1, 0.15) is 25.0 Å². The van der Waals surface area contributed by atoms with Gasteiger partial charge in [-0.2, -0.15) is 0 Å². The standard InChI is InChI=1S/C19H22ClN2O2/c1-13-8-18-19(9-14(13)2)22(12-21(18)3)10-16(23)11-24-17-6-4-15(20)5-7-17/h4-9,12,16,23H,10-11H2,1-3H3/q+1/t16-/m0/s1. The number of nitrogens with zero attached hydrogens (tertiary/aromatic N) is 2. The highest BCUT2D eigenvalue weighted by Gasteiger charge is 2.18. The summed E-state index contributed by atoms with van der Waals surface area (Å²) in [4.78, 5) is 0. The first-order valence-corrected chi connectivity index (χ1v) is 8.34. The number of halogens is 1. The van der Waals surface area contributed by atoms with Crippen molar-refractivity contribution in [1.82, 2.24) is 4.57 Å². The van der Waals surface area contributed by atoms with E-state index in [9.17, 15) is 5.11 Å². The summed E-state index contributed by atoms with van der Waals surface area (Å²) in [5, 5.41) is 11.0. The molecule has 0 saturated heterocycles. The summed E-state index contributed by atoms with van der Waals surface area (Å²) in [6.45, 7) is 4.93. The normalized spacial score (nSPS) is 12.5. The molecule has 0 saturated carbocycles. The van der Waals surface area contributed by atoms with E-state index in [2.05, 4.69) is 35.1 Å². The van der Waals surface area contributed by atoms with Crippen LogP contribution in [0.5, 0.6) is 5.75 Å². The van der Waals surface area contributed by atoms with Crippen molar-refractivity contribution in [3.05, 3.63) is 58.9 Å². The van der Waals surface area contributed by atoms with Crippen molar-refractivity contribution >= 4 is 22.6 Å². The number of aromatic nitrogens is 2. The SMILES string of the molecule is Cc1cc2c(cc1C)[n+](C)cn2C[C@H](O)COc1ccc(Cl)cc1. The highest BCUT2D eigenvalue weighted by Crippen LogP contribution is 2.18. The molecule has 0 radical (unpaired) electrons. The highest BCUT2D eigenvalue weighted by atomic mass is 35.5. The Morgan fingerprint density at radius 2 is 1.83 bits per heavy atom. The van der Waals surface area contributed by atoms with Gasteiger partial charge in [-0.15, -0.1) is 0 Å². The van der Waals surface area contributed by atoms with Gasteiger partial charge < -0.3 is 9.84 Å². The molecule has 1 aromatic heterocycles. The van der Waals surface area contributed by atoms with Crippen LogP contribution in [-0.4, -0.2) is 22.4 Å². The van der Waals surface area contributed by atoms with E-state index >= 15 is 0 Å². The first-order chi connectivity index (χ1) is 11.4. The Balaban J connectivity index is 1.72. The molecular weight excluding hydrogens is 324 g/mol. The Morgan fingerprint density at radius 3 is 2.54 bits per heavy atom. The lowest BCUT2D eigenvalue weighted by atomic mass is 10.1. The quantitative estimate of drug-likeness (QED) is 0.721. The minimum Gasteiger partial charge on any atom is -0.491 e. The molecule has 0 aliphatic carbocycles. The molecule has 126 valence electrons. The first-order valence-electron chi connectivity index (χ1n) is 7.96. The van der Waals surface area contributed by atoms with Gasteiger partial charge >= 0.3 is 0 Å².